The Labute approximate surface area is 152 Å². The zero-order valence-electron chi connectivity index (χ0n) is 15.7. The maximum atomic E-state index is 12.5. The van der Waals surface area contributed by atoms with Crippen LogP contribution in [0.2, 0.25) is 0 Å². The predicted octanol–water partition coefficient (Wildman–Crippen LogP) is 5.80. The second-order valence-electron chi connectivity index (χ2n) is 7.33. The number of ether oxygens (including phenoxy) is 1. The van der Waals surface area contributed by atoms with Crippen molar-refractivity contribution in [1.29, 1.82) is 5.26 Å². The minimum absolute atomic E-state index is 0.0103. The molecule has 0 bridgehead atoms. The summed E-state index contributed by atoms with van der Waals surface area (Å²) in [4.78, 5) is 12.5. The van der Waals surface area contributed by atoms with Gasteiger partial charge in [0.2, 0.25) is 0 Å². The quantitative estimate of drug-likeness (QED) is 0.341. The molecule has 0 radical (unpaired) electrons. The van der Waals surface area contributed by atoms with Crippen LogP contribution < -0.4 is 4.74 Å². The molecule has 1 aromatic rings. The molecule has 1 aliphatic carbocycles. The van der Waals surface area contributed by atoms with Crippen LogP contribution in [0.3, 0.4) is 0 Å². The summed E-state index contributed by atoms with van der Waals surface area (Å²) in [5.74, 6) is 1.02. The number of unbranched alkanes of at least 4 members (excludes halogenated alkanes) is 2. The molecule has 1 aromatic carbocycles. The van der Waals surface area contributed by atoms with Crippen molar-refractivity contribution in [2.24, 2.45) is 11.8 Å². The van der Waals surface area contributed by atoms with E-state index in [1.165, 1.54) is 25.7 Å². The fourth-order valence-corrected chi connectivity index (χ4v) is 3.77. The van der Waals surface area contributed by atoms with E-state index in [-0.39, 0.29) is 11.9 Å². The Hall–Kier alpha value is -1.82. The van der Waals surface area contributed by atoms with Gasteiger partial charge >= 0.3 is 5.97 Å². The Bertz CT molecular complexity index is 595. The van der Waals surface area contributed by atoms with Crippen LogP contribution in [0.1, 0.15) is 82.8 Å². The fraction of sp³-hybridized carbons (Fsp3) is 0.636. The van der Waals surface area contributed by atoms with Crippen LogP contribution >= 0.6 is 0 Å². The van der Waals surface area contributed by atoms with E-state index in [4.69, 9.17) is 4.74 Å². The van der Waals surface area contributed by atoms with Crippen LogP contribution in [0.25, 0.3) is 0 Å². The van der Waals surface area contributed by atoms with Gasteiger partial charge in [0.1, 0.15) is 11.8 Å². The summed E-state index contributed by atoms with van der Waals surface area (Å²) < 4.78 is 5.59. The second kappa shape index (κ2) is 10.2. The number of esters is 1. The van der Waals surface area contributed by atoms with Crippen LogP contribution in [0, 0.1) is 23.2 Å². The molecule has 3 nitrogen and oxygen atoms in total. The third-order valence-electron chi connectivity index (χ3n) is 5.32. The predicted molar refractivity (Wildman–Crippen MR) is 100 cm³/mol. The lowest BCUT2D eigenvalue weighted by atomic mass is 9.80. The molecule has 0 N–H and O–H groups in total. The Morgan fingerprint density at radius 3 is 2.56 bits per heavy atom. The standard InChI is InChI=1S/C22H31NO2/c1-3-5-6-8-18-11-14-21(20(15-18)16-23)25-22(24)19-12-9-17(7-4-2)10-13-19/h11,14-15,17,19H,3-10,12-13H2,1-2H3. The number of benzene rings is 1. The summed E-state index contributed by atoms with van der Waals surface area (Å²) in [5.41, 5.74) is 1.62. The van der Waals surface area contributed by atoms with Crippen molar-refractivity contribution in [2.75, 3.05) is 0 Å². The van der Waals surface area contributed by atoms with Crippen LogP contribution in [-0.4, -0.2) is 5.97 Å². The van der Waals surface area contributed by atoms with E-state index >= 15 is 0 Å². The van der Waals surface area contributed by atoms with Crippen molar-refractivity contribution in [1.82, 2.24) is 0 Å². The Morgan fingerprint density at radius 1 is 1.16 bits per heavy atom. The molecule has 0 heterocycles. The maximum absolute atomic E-state index is 12.5. The Morgan fingerprint density at radius 2 is 1.92 bits per heavy atom. The minimum atomic E-state index is -0.162. The highest BCUT2D eigenvalue weighted by Gasteiger charge is 2.27. The third kappa shape index (κ3) is 5.88. The van der Waals surface area contributed by atoms with Crippen molar-refractivity contribution >= 4 is 5.97 Å². The first-order chi connectivity index (χ1) is 12.2. The summed E-state index contributed by atoms with van der Waals surface area (Å²) >= 11 is 0. The molecule has 25 heavy (non-hydrogen) atoms. The van der Waals surface area contributed by atoms with Gasteiger partial charge in [-0.3, -0.25) is 4.79 Å². The maximum Gasteiger partial charge on any atom is 0.314 e. The number of carbonyl (C=O) groups is 1. The van der Waals surface area contributed by atoms with Crippen LogP contribution in [-0.2, 0) is 11.2 Å². The lowest BCUT2D eigenvalue weighted by molar-refractivity contribution is -0.140. The number of nitriles is 1. The van der Waals surface area contributed by atoms with Gasteiger partial charge in [0.15, 0.2) is 0 Å². The molecule has 3 heteroatoms. The zero-order valence-corrected chi connectivity index (χ0v) is 15.7. The number of aryl methyl sites for hydroxylation is 1. The van der Waals surface area contributed by atoms with Crippen LogP contribution in [0.5, 0.6) is 5.75 Å². The van der Waals surface area contributed by atoms with E-state index in [2.05, 4.69) is 19.9 Å². The summed E-state index contributed by atoms with van der Waals surface area (Å²) in [5, 5.41) is 9.39. The molecular weight excluding hydrogens is 310 g/mol. The smallest absolute Gasteiger partial charge is 0.314 e. The number of hydrogen-bond acceptors (Lipinski definition) is 3. The number of nitrogens with zero attached hydrogens (tertiary/aromatic N) is 1. The van der Waals surface area contributed by atoms with E-state index in [1.54, 1.807) is 6.07 Å². The van der Waals surface area contributed by atoms with E-state index in [0.29, 0.717) is 11.3 Å². The molecular formula is C22H31NO2. The molecule has 0 aliphatic heterocycles. The van der Waals surface area contributed by atoms with Crippen molar-refractivity contribution in [3.63, 3.8) is 0 Å². The molecule has 0 aromatic heterocycles. The number of rotatable bonds is 8. The van der Waals surface area contributed by atoms with Gasteiger partial charge in [0.05, 0.1) is 11.5 Å². The molecule has 1 aliphatic rings. The fourth-order valence-electron chi connectivity index (χ4n) is 3.77. The summed E-state index contributed by atoms with van der Waals surface area (Å²) in [6.45, 7) is 4.40. The normalized spacial score (nSPS) is 20.0. The lowest BCUT2D eigenvalue weighted by Gasteiger charge is -2.26. The first-order valence-corrected chi connectivity index (χ1v) is 9.92. The molecule has 2 rings (SSSR count). The van der Waals surface area contributed by atoms with Crippen molar-refractivity contribution in [3.8, 4) is 11.8 Å². The van der Waals surface area contributed by atoms with Crippen molar-refractivity contribution in [3.05, 3.63) is 29.3 Å². The number of hydrogen-bond donors (Lipinski definition) is 0. The molecule has 0 atom stereocenters. The third-order valence-corrected chi connectivity index (χ3v) is 5.32. The highest BCUT2D eigenvalue weighted by atomic mass is 16.5. The van der Waals surface area contributed by atoms with E-state index in [1.807, 2.05) is 12.1 Å². The Kier molecular flexibility index (Phi) is 7.98. The van der Waals surface area contributed by atoms with Gasteiger partial charge < -0.3 is 4.74 Å². The van der Waals surface area contributed by atoms with Gasteiger partial charge in [-0.1, -0.05) is 45.6 Å². The van der Waals surface area contributed by atoms with Gasteiger partial charge in [-0.2, -0.15) is 5.26 Å². The molecule has 136 valence electrons. The van der Waals surface area contributed by atoms with Gasteiger partial charge in [-0.05, 0) is 62.1 Å². The second-order valence-corrected chi connectivity index (χ2v) is 7.33. The average Bonchev–Trinajstić information content (AvgIpc) is 2.64. The molecule has 1 saturated carbocycles. The highest BCUT2D eigenvalue weighted by Crippen LogP contribution is 2.33. The van der Waals surface area contributed by atoms with Crippen molar-refractivity contribution < 1.29 is 9.53 Å². The van der Waals surface area contributed by atoms with Gasteiger partial charge in [0.25, 0.3) is 0 Å². The molecule has 0 unspecified atom stereocenters. The van der Waals surface area contributed by atoms with Crippen LogP contribution in [0.4, 0.5) is 0 Å². The zero-order chi connectivity index (χ0) is 18.1. The lowest BCUT2D eigenvalue weighted by Crippen LogP contribution is -2.26. The highest BCUT2D eigenvalue weighted by molar-refractivity contribution is 5.76. The van der Waals surface area contributed by atoms with Gasteiger partial charge in [-0.15, -0.1) is 0 Å². The minimum Gasteiger partial charge on any atom is -0.425 e. The first-order valence-electron chi connectivity index (χ1n) is 9.92. The largest absolute Gasteiger partial charge is 0.425 e. The summed E-state index contributed by atoms with van der Waals surface area (Å²) in [7, 11) is 0. The SMILES string of the molecule is CCCCCc1ccc(OC(=O)C2CCC(CCC)CC2)c(C#N)c1. The molecule has 1 fully saturated rings. The topological polar surface area (TPSA) is 50.1 Å². The summed E-state index contributed by atoms with van der Waals surface area (Å²) in [6, 6.07) is 7.83. The number of carbonyl (C=O) groups excluding carboxylic acids is 1. The van der Waals surface area contributed by atoms with Crippen LogP contribution in [0.15, 0.2) is 18.2 Å². The monoisotopic (exact) mass is 341 g/mol. The first kappa shape index (κ1) is 19.5. The average molecular weight is 341 g/mol. The Balaban J connectivity index is 1.93. The van der Waals surface area contributed by atoms with E-state index < -0.39 is 0 Å². The van der Waals surface area contributed by atoms with E-state index in [9.17, 15) is 10.1 Å². The van der Waals surface area contributed by atoms with Gasteiger partial charge in [0, 0.05) is 0 Å². The van der Waals surface area contributed by atoms with E-state index in [0.717, 1.165) is 50.0 Å². The van der Waals surface area contributed by atoms with Crippen molar-refractivity contribution in [2.45, 2.75) is 78.1 Å². The van der Waals surface area contributed by atoms with Gasteiger partial charge in [-0.25, -0.2) is 0 Å². The summed E-state index contributed by atoms with van der Waals surface area (Å²) in [6.07, 6.45) is 11.0. The molecule has 0 saturated heterocycles. The molecule has 0 amide bonds. The molecule has 0 spiro atoms.